The van der Waals surface area contributed by atoms with Crippen LogP contribution in [0.15, 0.2) is 18.3 Å². The maximum atomic E-state index is 10.8. The number of hydrogen-bond acceptors (Lipinski definition) is 4. The summed E-state index contributed by atoms with van der Waals surface area (Å²) in [5.74, 6) is 0.351. The Morgan fingerprint density at radius 3 is 3.17 bits per heavy atom. The number of carbonyl (C=O) groups is 1. The first-order chi connectivity index (χ1) is 8.69. The predicted molar refractivity (Wildman–Crippen MR) is 69.9 cm³/mol. The van der Waals surface area contributed by atoms with Gasteiger partial charge in [0.25, 0.3) is 0 Å². The Bertz CT molecular complexity index is 422. The van der Waals surface area contributed by atoms with Gasteiger partial charge in [0.15, 0.2) is 0 Å². The number of anilines is 1. The van der Waals surface area contributed by atoms with E-state index < -0.39 is 5.97 Å². The highest BCUT2D eigenvalue weighted by atomic mass is 16.4. The molecule has 5 nitrogen and oxygen atoms in total. The molecule has 1 aromatic rings. The Morgan fingerprint density at radius 2 is 2.50 bits per heavy atom. The Morgan fingerprint density at radius 1 is 1.67 bits per heavy atom. The third-order valence-corrected chi connectivity index (χ3v) is 3.40. The van der Waals surface area contributed by atoms with Crippen molar-refractivity contribution in [1.82, 2.24) is 9.88 Å². The minimum Gasteiger partial charge on any atom is -0.478 e. The molecule has 2 N–H and O–H groups in total. The smallest absolute Gasteiger partial charge is 0.335 e. The molecular formula is C13H19N3O2. The van der Waals surface area contributed by atoms with Crippen LogP contribution in [0, 0.1) is 5.92 Å². The Hall–Kier alpha value is -1.62. The fourth-order valence-electron chi connectivity index (χ4n) is 2.28. The predicted octanol–water partition coefficient (Wildman–Crippen LogP) is 1.53. The highest BCUT2D eigenvalue weighted by Crippen LogP contribution is 2.16. The number of carboxylic acids is 1. The van der Waals surface area contributed by atoms with Gasteiger partial charge >= 0.3 is 5.97 Å². The maximum absolute atomic E-state index is 10.8. The van der Waals surface area contributed by atoms with Crippen LogP contribution in [0.2, 0.25) is 0 Å². The summed E-state index contributed by atoms with van der Waals surface area (Å²) < 4.78 is 0. The van der Waals surface area contributed by atoms with Crippen LogP contribution < -0.4 is 5.32 Å². The van der Waals surface area contributed by atoms with Crippen molar-refractivity contribution in [2.24, 2.45) is 5.92 Å². The van der Waals surface area contributed by atoms with Gasteiger partial charge in [-0.3, -0.25) is 0 Å². The van der Waals surface area contributed by atoms with E-state index >= 15 is 0 Å². The molecule has 0 bridgehead atoms. The van der Waals surface area contributed by atoms with Crippen LogP contribution in [0.3, 0.4) is 0 Å². The van der Waals surface area contributed by atoms with Gasteiger partial charge in [-0.05, 0) is 37.6 Å². The van der Waals surface area contributed by atoms with Crippen molar-refractivity contribution in [2.45, 2.75) is 13.3 Å². The van der Waals surface area contributed by atoms with Gasteiger partial charge < -0.3 is 15.3 Å². The normalized spacial score (nSPS) is 19.9. The van der Waals surface area contributed by atoms with Crippen molar-refractivity contribution >= 4 is 11.8 Å². The van der Waals surface area contributed by atoms with Crippen molar-refractivity contribution in [2.75, 3.05) is 31.5 Å². The van der Waals surface area contributed by atoms with Gasteiger partial charge in [-0.25, -0.2) is 9.78 Å². The van der Waals surface area contributed by atoms with Crippen LogP contribution in [0.5, 0.6) is 0 Å². The summed E-state index contributed by atoms with van der Waals surface area (Å²) in [6, 6.07) is 3.08. The molecule has 0 radical (unpaired) electrons. The Kier molecular flexibility index (Phi) is 4.15. The number of aromatic nitrogens is 1. The molecule has 1 aliphatic heterocycles. The van der Waals surface area contributed by atoms with Crippen molar-refractivity contribution in [1.29, 1.82) is 0 Å². The van der Waals surface area contributed by atoms with Gasteiger partial charge in [-0.1, -0.05) is 6.92 Å². The van der Waals surface area contributed by atoms with Crippen molar-refractivity contribution < 1.29 is 9.90 Å². The number of rotatable bonds is 5. The lowest BCUT2D eigenvalue weighted by molar-refractivity contribution is 0.0697. The summed E-state index contributed by atoms with van der Waals surface area (Å²) >= 11 is 0. The first kappa shape index (κ1) is 12.8. The number of aromatic carboxylic acids is 1. The van der Waals surface area contributed by atoms with Gasteiger partial charge in [0.1, 0.15) is 5.82 Å². The molecule has 0 amide bonds. The molecule has 1 saturated heterocycles. The highest BCUT2D eigenvalue weighted by Gasteiger charge is 2.20. The molecule has 5 heteroatoms. The van der Waals surface area contributed by atoms with Crippen molar-refractivity contribution in [3.8, 4) is 0 Å². The first-order valence-electron chi connectivity index (χ1n) is 6.34. The minimum absolute atomic E-state index is 0.272. The summed E-state index contributed by atoms with van der Waals surface area (Å²) in [6.45, 7) is 6.40. The van der Waals surface area contributed by atoms with Gasteiger partial charge in [-0.2, -0.15) is 0 Å². The van der Waals surface area contributed by atoms with E-state index in [0.717, 1.165) is 26.2 Å². The van der Waals surface area contributed by atoms with Crippen LogP contribution in [-0.4, -0.2) is 47.1 Å². The average molecular weight is 249 g/mol. The maximum Gasteiger partial charge on any atom is 0.335 e. The standard InChI is InChI=1S/C13H19N3O2/c1-2-16-6-4-10(9-16)8-15-12-7-11(13(17)18)3-5-14-12/h3,5,7,10H,2,4,6,8-9H2,1H3,(H,14,15)(H,17,18). The van der Waals surface area contributed by atoms with E-state index in [1.54, 1.807) is 6.07 Å². The lowest BCUT2D eigenvalue weighted by atomic mass is 10.1. The summed E-state index contributed by atoms with van der Waals surface area (Å²) in [4.78, 5) is 17.4. The summed E-state index contributed by atoms with van der Waals surface area (Å²) in [7, 11) is 0. The molecule has 1 unspecified atom stereocenters. The lowest BCUT2D eigenvalue weighted by Gasteiger charge is -2.14. The molecule has 1 aromatic heterocycles. The zero-order valence-electron chi connectivity index (χ0n) is 10.6. The summed E-state index contributed by atoms with van der Waals surface area (Å²) in [5.41, 5.74) is 0.272. The monoisotopic (exact) mass is 249 g/mol. The second-order valence-corrected chi connectivity index (χ2v) is 4.66. The first-order valence-corrected chi connectivity index (χ1v) is 6.34. The highest BCUT2D eigenvalue weighted by molar-refractivity contribution is 5.88. The molecule has 0 spiro atoms. The van der Waals surface area contributed by atoms with Crippen molar-refractivity contribution in [3.05, 3.63) is 23.9 Å². The Labute approximate surface area is 107 Å². The molecule has 1 aliphatic rings. The fraction of sp³-hybridized carbons (Fsp3) is 0.538. The van der Waals surface area contributed by atoms with Gasteiger partial charge in [0.05, 0.1) is 5.56 Å². The number of pyridine rings is 1. The molecule has 1 fully saturated rings. The number of likely N-dealkylation sites (tertiary alicyclic amines) is 1. The zero-order valence-corrected chi connectivity index (χ0v) is 10.6. The van der Waals surface area contributed by atoms with E-state index in [1.807, 2.05) is 0 Å². The van der Waals surface area contributed by atoms with E-state index in [1.165, 1.54) is 18.7 Å². The largest absolute Gasteiger partial charge is 0.478 e. The number of hydrogen-bond donors (Lipinski definition) is 2. The number of nitrogens with zero attached hydrogens (tertiary/aromatic N) is 2. The van der Waals surface area contributed by atoms with Crippen LogP contribution in [0.1, 0.15) is 23.7 Å². The Balaban J connectivity index is 1.87. The molecule has 0 saturated carbocycles. The molecule has 0 aromatic carbocycles. The SMILES string of the molecule is CCN1CCC(CNc2cc(C(=O)O)ccn2)C1. The number of carboxylic acid groups (broad SMARTS) is 1. The minimum atomic E-state index is -0.918. The molecule has 2 rings (SSSR count). The molecule has 1 atom stereocenters. The van der Waals surface area contributed by atoms with E-state index in [2.05, 4.69) is 22.1 Å². The van der Waals surface area contributed by atoms with E-state index in [4.69, 9.17) is 5.11 Å². The number of nitrogens with one attached hydrogen (secondary N) is 1. The van der Waals surface area contributed by atoms with Crippen LogP contribution >= 0.6 is 0 Å². The van der Waals surface area contributed by atoms with Crippen LogP contribution in [-0.2, 0) is 0 Å². The van der Waals surface area contributed by atoms with Gasteiger partial charge in [0, 0.05) is 19.3 Å². The quantitative estimate of drug-likeness (QED) is 0.828. The molecule has 0 aliphatic carbocycles. The molecule has 2 heterocycles. The van der Waals surface area contributed by atoms with Gasteiger partial charge in [0.2, 0.25) is 0 Å². The summed E-state index contributed by atoms with van der Waals surface area (Å²) in [6.07, 6.45) is 2.72. The second-order valence-electron chi connectivity index (χ2n) is 4.66. The third kappa shape index (κ3) is 3.20. The van der Waals surface area contributed by atoms with Gasteiger partial charge in [-0.15, -0.1) is 0 Å². The van der Waals surface area contributed by atoms with E-state index in [9.17, 15) is 4.79 Å². The zero-order chi connectivity index (χ0) is 13.0. The summed E-state index contributed by atoms with van der Waals surface area (Å²) in [5, 5.41) is 12.1. The molecule has 18 heavy (non-hydrogen) atoms. The van der Waals surface area contributed by atoms with E-state index in [-0.39, 0.29) is 5.56 Å². The third-order valence-electron chi connectivity index (χ3n) is 3.40. The topological polar surface area (TPSA) is 65.5 Å². The molecule has 98 valence electrons. The second kappa shape index (κ2) is 5.82. The van der Waals surface area contributed by atoms with Crippen molar-refractivity contribution in [3.63, 3.8) is 0 Å². The fourth-order valence-corrected chi connectivity index (χ4v) is 2.28. The van der Waals surface area contributed by atoms with E-state index in [0.29, 0.717) is 11.7 Å². The molecular weight excluding hydrogens is 230 g/mol. The lowest BCUT2D eigenvalue weighted by Crippen LogP contribution is -2.22. The average Bonchev–Trinajstić information content (AvgIpc) is 2.84. The van der Waals surface area contributed by atoms with Crippen LogP contribution in [0.25, 0.3) is 0 Å². The van der Waals surface area contributed by atoms with Crippen LogP contribution in [0.4, 0.5) is 5.82 Å².